The number of piperidine rings is 1. The van der Waals surface area contributed by atoms with Gasteiger partial charge in [0.05, 0.1) is 20.2 Å². The molecular formula is C25H32N6O2. The standard InChI is InChI=1S/C25H32N6O2/c1-19-28-29-24(30(19)2)18-27-25(26-17-20-9-11-21(32-3)12-10-20)31-15-13-23(14-16-31)33-22-7-5-4-6-8-22/h4-12,23H,13-18H2,1-3H3,(H,26,27). The van der Waals surface area contributed by atoms with Crippen molar-refractivity contribution in [3.05, 3.63) is 71.8 Å². The average molecular weight is 449 g/mol. The van der Waals surface area contributed by atoms with Crippen LogP contribution in [0, 0.1) is 6.92 Å². The summed E-state index contributed by atoms with van der Waals surface area (Å²) in [6, 6.07) is 18.1. The predicted molar refractivity (Wildman–Crippen MR) is 128 cm³/mol. The number of methoxy groups -OCH3 is 1. The van der Waals surface area contributed by atoms with Crippen molar-refractivity contribution in [3.8, 4) is 11.5 Å². The molecular weight excluding hydrogens is 416 g/mol. The van der Waals surface area contributed by atoms with E-state index in [-0.39, 0.29) is 6.10 Å². The van der Waals surface area contributed by atoms with Crippen LogP contribution in [0.5, 0.6) is 11.5 Å². The molecule has 0 amide bonds. The summed E-state index contributed by atoms with van der Waals surface area (Å²) in [4.78, 5) is 7.23. The van der Waals surface area contributed by atoms with Crippen LogP contribution in [0.1, 0.15) is 30.1 Å². The number of likely N-dealkylation sites (tertiary alicyclic amines) is 1. The summed E-state index contributed by atoms with van der Waals surface area (Å²) in [5.74, 6) is 4.43. The lowest BCUT2D eigenvalue weighted by atomic mass is 10.1. The van der Waals surface area contributed by atoms with Gasteiger partial charge in [-0.2, -0.15) is 0 Å². The lowest BCUT2D eigenvalue weighted by Gasteiger charge is -2.34. The van der Waals surface area contributed by atoms with E-state index in [9.17, 15) is 0 Å². The Morgan fingerprint density at radius 3 is 2.39 bits per heavy atom. The molecule has 1 aliphatic rings. The fourth-order valence-electron chi connectivity index (χ4n) is 3.80. The first-order chi connectivity index (χ1) is 16.1. The highest BCUT2D eigenvalue weighted by molar-refractivity contribution is 5.80. The van der Waals surface area contributed by atoms with Crippen LogP contribution in [0.4, 0.5) is 0 Å². The van der Waals surface area contributed by atoms with Crippen LogP contribution in [-0.4, -0.2) is 51.9 Å². The average Bonchev–Trinajstić information content (AvgIpc) is 3.18. The third-order valence-electron chi connectivity index (χ3n) is 5.95. The Bertz CT molecular complexity index is 1040. The number of rotatable bonds is 7. The maximum absolute atomic E-state index is 6.16. The Morgan fingerprint density at radius 2 is 1.76 bits per heavy atom. The number of hydrogen-bond acceptors (Lipinski definition) is 5. The molecule has 0 saturated carbocycles. The van der Waals surface area contributed by atoms with Crippen molar-refractivity contribution in [2.45, 2.75) is 39.0 Å². The molecule has 8 heteroatoms. The van der Waals surface area contributed by atoms with Gasteiger partial charge in [0.1, 0.15) is 23.4 Å². The van der Waals surface area contributed by atoms with Crippen LogP contribution in [0.25, 0.3) is 0 Å². The Kier molecular flexibility index (Phi) is 7.44. The minimum atomic E-state index is 0.216. The van der Waals surface area contributed by atoms with E-state index in [1.165, 1.54) is 0 Å². The maximum Gasteiger partial charge on any atom is 0.194 e. The molecule has 0 atom stereocenters. The molecule has 0 aliphatic carbocycles. The first kappa shape index (κ1) is 22.6. The summed E-state index contributed by atoms with van der Waals surface area (Å²) in [6.45, 7) is 4.87. The second-order valence-corrected chi connectivity index (χ2v) is 8.18. The number of nitrogens with zero attached hydrogens (tertiary/aromatic N) is 5. The molecule has 2 heterocycles. The van der Waals surface area contributed by atoms with E-state index in [1.54, 1.807) is 7.11 Å². The fraction of sp³-hybridized carbons (Fsp3) is 0.400. The van der Waals surface area contributed by atoms with Gasteiger partial charge in [-0.1, -0.05) is 30.3 Å². The quantitative estimate of drug-likeness (QED) is 0.441. The van der Waals surface area contributed by atoms with Gasteiger partial charge in [-0.25, -0.2) is 4.99 Å². The van der Waals surface area contributed by atoms with Crippen molar-refractivity contribution in [1.82, 2.24) is 25.0 Å². The first-order valence-electron chi connectivity index (χ1n) is 11.3. The van der Waals surface area contributed by atoms with Crippen molar-refractivity contribution < 1.29 is 9.47 Å². The Balaban J connectivity index is 1.41. The molecule has 3 aromatic rings. The lowest BCUT2D eigenvalue weighted by Crippen LogP contribution is -2.47. The molecule has 4 rings (SSSR count). The number of aromatic nitrogens is 3. The van der Waals surface area contributed by atoms with Gasteiger partial charge in [0.2, 0.25) is 0 Å². The molecule has 174 valence electrons. The minimum absolute atomic E-state index is 0.216. The molecule has 1 saturated heterocycles. The van der Waals surface area contributed by atoms with Crippen LogP contribution in [-0.2, 0) is 20.1 Å². The van der Waals surface area contributed by atoms with Crippen LogP contribution in [0.15, 0.2) is 59.6 Å². The number of hydrogen-bond donors (Lipinski definition) is 1. The number of nitrogens with one attached hydrogen (secondary N) is 1. The van der Waals surface area contributed by atoms with E-state index in [2.05, 4.69) is 20.4 Å². The minimum Gasteiger partial charge on any atom is -0.497 e. The Morgan fingerprint density at radius 1 is 1.03 bits per heavy atom. The van der Waals surface area contributed by atoms with Crippen molar-refractivity contribution in [2.24, 2.45) is 12.0 Å². The summed E-state index contributed by atoms with van der Waals surface area (Å²) < 4.78 is 13.4. The van der Waals surface area contributed by atoms with E-state index in [0.29, 0.717) is 13.1 Å². The van der Waals surface area contributed by atoms with E-state index in [4.69, 9.17) is 14.5 Å². The highest BCUT2D eigenvalue weighted by atomic mass is 16.5. The van der Waals surface area contributed by atoms with Gasteiger partial charge in [-0.05, 0) is 36.8 Å². The van der Waals surface area contributed by atoms with E-state index < -0.39 is 0 Å². The van der Waals surface area contributed by atoms with Crippen molar-refractivity contribution in [1.29, 1.82) is 0 Å². The lowest BCUT2D eigenvalue weighted by molar-refractivity contribution is 0.129. The molecule has 0 spiro atoms. The Labute approximate surface area is 195 Å². The molecule has 1 aromatic heterocycles. The molecule has 2 aromatic carbocycles. The summed E-state index contributed by atoms with van der Waals surface area (Å²) >= 11 is 0. The molecule has 0 unspecified atom stereocenters. The summed E-state index contributed by atoms with van der Waals surface area (Å²) in [6.07, 6.45) is 2.11. The molecule has 1 N–H and O–H groups in total. The number of para-hydroxylation sites is 1. The monoisotopic (exact) mass is 448 g/mol. The zero-order valence-corrected chi connectivity index (χ0v) is 19.6. The molecule has 8 nitrogen and oxygen atoms in total. The van der Waals surface area contributed by atoms with Crippen molar-refractivity contribution >= 4 is 5.96 Å². The van der Waals surface area contributed by atoms with Gasteiger partial charge in [0.15, 0.2) is 11.8 Å². The second kappa shape index (κ2) is 10.8. The SMILES string of the molecule is COc1ccc(CN=C(NCc2nnc(C)n2C)N2CCC(Oc3ccccc3)CC2)cc1. The summed E-state index contributed by atoms with van der Waals surface area (Å²) in [7, 11) is 3.65. The normalized spacial score (nSPS) is 14.9. The number of aliphatic imine (C=N–C) groups is 1. The number of aryl methyl sites for hydroxylation is 1. The third kappa shape index (κ3) is 6.03. The summed E-state index contributed by atoms with van der Waals surface area (Å²) in [5.41, 5.74) is 1.13. The summed E-state index contributed by atoms with van der Waals surface area (Å²) in [5, 5.41) is 11.9. The Hall–Kier alpha value is -3.55. The third-order valence-corrected chi connectivity index (χ3v) is 5.95. The molecule has 1 fully saturated rings. The maximum atomic E-state index is 6.16. The van der Waals surface area contributed by atoms with Gasteiger partial charge >= 0.3 is 0 Å². The fourth-order valence-corrected chi connectivity index (χ4v) is 3.80. The molecule has 33 heavy (non-hydrogen) atoms. The van der Waals surface area contributed by atoms with Crippen molar-refractivity contribution in [3.63, 3.8) is 0 Å². The zero-order chi connectivity index (χ0) is 23.0. The number of guanidine groups is 1. The molecule has 1 aliphatic heterocycles. The smallest absolute Gasteiger partial charge is 0.194 e. The largest absolute Gasteiger partial charge is 0.497 e. The van der Waals surface area contributed by atoms with Crippen LogP contribution in [0.3, 0.4) is 0 Å². The van der Waals surface area contributed by atoms with Gasteiger partial charge in [0, 0.05) is 33.0 Å². The van der Waals surface area contributed by atoms with E-state index in [0.717, 1.165) is 60.6 Å². The van der Waals surface area contributed by atoms with Crippen LogP contribution >= 0.6 is 0 Å². The van der Waals surface area contributed by atoms with Gasteiger partial charge in [-0.3, -0.25) is 0 Å². The number of benzene rings is 2. The molecule has 0 bridgehead atoms. The second-order valence-electron chi connectivity index (χ2n) is 8.18. The van der Waals surface area contributed by atoms with E-state index in [1.807, 2.05) is 73.1 Å². The van der Waals surface area contributed by atoms with Gasteiger partial charge in [-0.15, -0.1) is 10.2 Å². The van der Waals surface area contributed by atoms with Gasteiger partial charge in [0.25, 0.3) is 0 Å². The zero-order valence-electron chi connectivity index (χ0n) is 19.6. The van der Waals surface area contributed by atoms with E-state index >= 15 is 0 Å². The van der Waals surface area contributed by atoms with Gasteiger partial charge < -0.3 is 24.3 Å². The molecule has 0 radical (unpaired) electrons. The highest BCUT2D eigenvalue weighted by Gasteiger charge is 2.23. The first-order valence-corrected chi connectivity index (χ1v) is 11.3. The van der Waals surface area contributed by atoms with Crippen LogP contribution in [0.2, 0.25) is 0 Å². The van der Waals surface area contributed by atoms with Crippen LogP contribution < -0.4 is 14.8 Å². The number of ether oxygens (including phenoxy) is 2. The van der Waals surface area contributed by atoms with Crippen molar-refractivity contribution in [2.75, 3.05) is 20.2 Å². The highest BCUT2D eigenvalue weighted by Crippen LogP contribution is 2.19. The topological polar surface area (TPSA) is 76.8 Å². The predicted octanol–water partition coefficient (Wildman–Crippen LogP) is 3.32.